The number of carbonyl (C=O) groups excluding carboxylic acids is 1. The summed E-state index contributed by atoms with van der Waals surface area (Å²) in [5, 5.41) is 5.50. The van der Waals surface area contributed by atoms with Crippen LogP contribution in [-0.2, 0) is 0 Å². The Labute approximate surface area is 117 Å². The van der Waals surface area contributed by atoms with E-state index in [-0.39, 0.29) is 6.03 Å². The molecule has 0 spiro atoms. The molecule has 3 heteroatoms. The summed E-state index contributed by atoms with van der Waals surface area (Å²) in [5.41, 5.74) is 3.37. The molecular weight excluding hydrogens is 236 g/mol. The molecule has 108 valence electrons. The molecule has 0 atom stereocenters. The summed E-state index contributed by atoms with van der Waals surface area (Å²) in [7, 11) is 0. The number of hydrogen-bond donors (Lipinski definition) is 2. The zero-order valence-corrected chi connectivity index (χ0v) is 13.1. The monoisotopic (exact) mass is 264 g/mol. The Morgan fingerprint density at radius 2 is 1.79 bits per heavy atom. The first-order valence-electron chi connectivity index (χ1n) is 7.11. The van der Waals surface area contributed by atoms with Gasteiger partial charge in [0.2, 0.25) is 0 Å². The third-order valence-electron chi connectivity index (χ3n) is 2.49. The SMILES string of the molecule is CCC.CCNC(=O)Nc1ccc(C(C)C)c(C)c1. The van der Waals surface area contributed by atoms with E-state index in [4.69, 9.17) is 0 Å². The molecule has 0 unspecified atom stereocenters. The normalized spacial score (nSPS) is 9.63. The van der Waals surface area contributed by atoms with Gasteiger partial charge in [-0.3, -0.25) is 0 Å². The van der Waals surface area contributed by atoms with E-state index in [1.54, 1.807) is 0 Å². The van der Waals surface area contributed by atoms with Gasteiger partial charge in [-0.2, -0.15) is 0 Å². The van der Waals surface area contributed by atoms with E-state index >= 15 is 0 Å². The summed E-state index contributed by atoms with van der Waals surface area (Å²) < 4.78 is 0. The molecule has 0 radical (unpaired) electrons. The highest BCUT2D eigenvalue weighted by Gasteiger charge is 2.05. The fraction of sp³-hybridized carbons (Fsp3) is 0.562. The van der Waals surface area contributed by atoms with Crippen LogP contribution in [0.2, 0.25) is 0 Å². The Morgan fingerprint density at radius 1 is 1.21 bits per heavy atom. The highest BCUT2D eigenvalue weighted by molar-refractivity contribution is 5.89. The van der Waals surface area contributed by atoms with E-state index < -0.39 is 0 Å². The van der Waals surface area contributed by atoms with Crippen molar-refractivity contribution in [3.05, 3.63) is 29.3 Å². The Bertz CT molecular complexity index is 386. The second-order valence-corrected chi connectivity index (χ2v) is 4.92. The number of amides is 2. The molecule has 0 bridgehead atoms. The van der Waals surface area contributed by atoms with Crippen molar-refractivity contribution in [3.8, 4) is 0 Å². The maximum atomic E-state index is 11.3. The molecule has 3 nitrogen and oxygen atoms in total. The van der Waals surface area contributed by atoms with Crippen molar-refractivity contribution in [2.24, 2.45) is 0 Å². The standard InChI is InChI=1S/C13H20N2O.C3H8/c1-5-14-13(16)15-11-6-7-12(9(2)3)10(4)8-11;1-3-2/h6-9H,5H2,1-4H3,(H2,14,15,16);3H2,1-2H3. The minimum absolute atomic E-state index is 0.154. The smallest absolute Gasteiger partial charge is 0.319 e. The molecule has 0 saturated carbocycles. The molecule has 0 heterocycles. The average molecular weight is 264 g/mol. The Hall–Kier alpha value is -1.51. The number of hydrogen-bond acceptors (Lipinski definition) is 1. The molecule has 1 aromatic carbocycles. The average Bonchev–Trinajstić information content (AvgIpc) is 2.29. The van der Waals surface area contributed by atoms with E-state index in [9.17, 15) is 4.79 Å². The van der Waals surface area contributed by atoms with E-state index in [0.29, 0.717) is 12.5 Å². The van der Waals surface area contributed by atoms with Gasteiger partial charge in [0.25, 0.3) is 0 Å². The molecule has 0 aromatic heterocycles. The predicted octanol–water partition coefficient (Wildman–Crippen LogP) is 4.68. The van der Waals surface area contributed by atoms with Crippen molar-refractivity contribution in [2.45, 2.75) is 53.9 Å². The first-order chi connectivity index (χ1) is 8.96. The maximum Gasteiger partial charge on any atom is 0.319 e. The predicted molar refractivity (Wildman–Crippen MR) is 83.9 cm³/mol. The second kappa shape index (κ2) is 9.42. The first kappa shape index (κ1) is 17.5. The minimum atomic E-state index is -0.154. The molecule has 0 aliphatic heterocycles. The molecule has 0 aliphatic carbocycles. The highest BCUT2D eigenvalue weighted by Crippen LogP contribution is 2.22. The van der Waals surface area contributed by atoms with Crippen LogP contribution in [0.3, 0.4) is 0 Å². The molecular formula is C16H28N2O. The summed E-state index contributed by atoms with van der Waals surface area (Å²) in [6.07, 6.45) is 1.25. The fourth-order valence-corrected chi connectivity index (χ4v) is 1.74. The van der Waals surface area contributed by atoms with Crippen molar-refractivity contribution in [1.29, 1.82) is 0 Å². The molecule has 19 heavy (non-hydrogen) atoms. The van der Waals surface area contributed by atoms with Crippen LogP contribution in [0.15, 0.2) is 18.2 Å². The van der Waals surface area contributed by atoms with Gasteiger partial charge >= 0.3 is 6.03 Å². The molecule has 2 amide bonds. The van der Waals surface area contributed by atoms with Crippen LogP contribution in [0.4, 0.5) is 10.5 Å². The van der Waals surface area contributed by atoms with Gasteiger partial charge in [0.15, 0.2) is 0 Å². The van der Waals surface area contributed by atoms with Crippen LogP contribution in [-0.4, -0.2) is 12.6 Å². The Balaban J connectivity index is 0.000000982. The van der Waals surface area contributed by atoms with Gasteiger partial charge in [-0.15, -0.1) is 0 Å². The summed E-state index contributed by atoms with van der Waals surface area (Å²) in [6, 6.07) is 5.86. The maximum absolute atomic E-state index is 11.3. The molecule has 0 aliphatic rings. The first-order valence-corrected chi connectivity index (χ1v) is 7.11. The summed E-state index contributed by atoms with van der Waals surface area (Å²) in [5.74, 6) is 0.513. The summed E-state index contributed by atoms with van der Waals surface area (Å²) >= 11 is 0. The van der Waals surface area contributed by atoms with E-state index in [1.165, 1.54) is 17.5 Å². The zero-order chi connectivity index (χ0) is 14.8. The van der Waals surface area contributed by atoms with Crippen LogP contribution in [0, 0.1) is 6.92 Å². The van der Waals surface area contributed by atoms with Crippen LogP contribution in [0.25, 0.3) is 0 Å². The molecule has 0 saturated heterocycles. The van der Waals surface area contributed by atoms with Crippen molar-refractivity contribution in [2.75, 3.05) is 11.9 Å². The zero-order valence-electron chi connectivity index (χ0n) is 13.1. The third-order valence-corrected chi connectivity index (χ3v) is 2.49. The molecule has 0 fully saturated rings. The van der Waals surface area contributed by atoms with Gasteiger partial charge in [-0.05, 0) is 43.0 Å². The number of aryl methyl sites for hydroxylation is 1. The van der Waals surface area contributed by atoms with E-state index in [2.05, 4.69) is 51.3 Å². The quantitative estimate of drug-likeness (QED) is 0.818. The number of benzene rings is 1. The second-order valence-electron chi connectivity index (χ2n) is 4.92. The minimum Gasteiger partial charge on any atom is -0.338 e. The van der Waals surface area contributed by atoms with Gasteiger partial charge < -0.3 is 10.6 Å². The van der Waals surface area contributed by atoms with Gasteiger partial charge in [0.1, 0.15) is 0 Å². The Kier molecular flexibility index (Phi) is 8.68. The van der Waals surface area contributed by atoms with Gasteiger partial charge in [-0.25, -0.2) is 4.79 Å². The fourth-order valence-electron chi connectivity index (χ4n) is 1.74. The number of nitrogens with one attached hydrogen (secondary N) is 2. The molecule has 2 N–H and O–H groups in total. The van der Waals surface area contributed by atoms with Gasteiger partial charge in [0.05, 0.1) is 0 Å². The van der Waals surface area contributed by atoms with Crippen molar-refractivity contribution >= 4 is 11.7 Å². The van der Waals surface area contributed by atoms with E-state index in [0.717, 1.165) is 5.69 Å². The summed E-state index contributed by atoms with van der Waals surface area (Å²) in [4.78, 5) is 11.3. The van der Waals surface area contributed by atoms with Crippen molar-refractivity contribution < 1.29 is 4.79 Å². The lowest BCUT2D eigenvalue weighted by atomic mass is 9.98. The molecule has 1 aromatic rings. The third kappa shape index (κ3) is 6.85. The number of rotatable bonds is 3. The van der Waals surface area contributed by atoms with Crippen LogP contribution in [0.1, 0.15) is 58.1 Å². The van der Waals surface area contributed by atoms with Crippen molar-refractivity contribution in [3.63, 3.8) is 0 Å². The topological polar surface area (TPSA) is 41.1 Å². The van der Waals surface area contributed by atoms with Crippen molar-refractivity contribution in [1.82, 2.24) is 5.32 Å². The number of anilines is 1. The van der Waals surface area contributed by atoms with Gasteiger partial charge in [0, 0.05) is 12.2 Å². The van der Waals surface area contributed by atoms with Crippen LogP contribution in [0.5, 0.6) is 0 Å². The highest BCUT2D eigenvalue weighted by atomic mass is 16.2. The number of urea groups is 1. The lowest BCUT2D eigenvalue weighted by Gasteiger charge is -2.12. The number of carbonyl (C=O) groups is 1. The lowest BCUT2D eigenvalue weighted by molar-refractivity contribution is 0.252. The Morgan fingerprint density at radius 3 is 2.21 bits per heavy atom. The van der Waals surface area contributed by atoms with Crippen LogP contribution >= 0.6 is 0 Å². The largest absolute Gasteiger partial charge is 0.338 e. The van der Waals surface area contributed by atoms with E-state index in [1.807, 2.05) is 19.1 Å². The van der Waals surface area contributed by atoms with Gasteiger partial charge in [-0.1, -0.05) is 40.2 Å². The lowest BCUT2D eigenvalue weighted by Crippen LogP contribution is -2.28. The summed E-state index contributed by atoms with van der Waals surface area (Å²) in [6.45, 7) is 13.2. The van der Waals surface area contributed by atoms with Crippen LogP contribution < -0.4 is 10.6 Å². The molecule has 1 rings (SSSR count).